The molecule has 0 spiro atoms. The molecule has 2 nitrogen and oxygen atoms in total. The summed E-state index contributed by atoms with van der Waals surface area (Å²) < 4.78 is 0. The lowest BCUT2D eigenvalue weighted by molar-refractivity contribution is 0.418. The van der Waals surface area contributed by atoms with Gasteiger partial charge in [-0.3, -0.25) is 0 Å². The highest BCUT2D eigenvalue weighted by atomic mass is 15.0. The molecule has 2 N–H and O–H groups in total. The van der Waals surface area contributed by atoms with Gasteiger partial charge < -0.3 is 10.6 Å². The molecular formula is C10H22N2. The highest BCUT2D eigenvalue weighted by molar-refractivity contribution is 4.80. The summed E-state index contributed by atoms with van der Waals surface area (Å²) in [6, 6.07) is 0.861. The molecule has 1 saturated carbocycles. The quantitative estimate of drug-likeness (QED) is 0.611. The second-order valence-corrected chi connectivity index (χ2v) is 4.76. The molecule has 1 rings (SSSR count). The standard InChI is InChI=1S/C10H22N2/c1-10(2,3)12-8-4-7-11-9-5-6-9/h9,11-12H,4-8H2,1-3H3. The topological polar surface area (TPSA) is 24.1 Å². The SMILES string of the molecule is CC(C)(C)NCCCNC1CC1. The smallest absolute Gasteiger partial charge is 0.00965 e. The number of hydrogen-bond donors (Lipinski definition) is 2. The first-order chi connectivity index (χ1) is 5.58. The molecule has 0 atom stereocenters. The fourth-order valence-electron chi connectivity index (χ4n) is 1.15. The second kappa shape index (κ2) is 4.24. The van der Waals surface area contributed by atoms with Crippen LogP contribution in [0.25, 0.3) is 0 Å². The second-order valence-electron chi connectivity index (χ2n) is 4.76. The molecule has 0 radical (unpaired) electrons. The molecular weight excluding hydrogens is 148 g/mol. The van der Waals surface area contributed by atoms with Crippen LogP contribution in [0.4, 0.5) is 0 Å². The summed E-state index contributed by atoms with van der Waals surface area (Å²) in [5.41, 5.74) is 0.277. The van der Waals surface area contributed by atoms with Gasteiger partial charge in [0.05, 0.1) is 0 Å². The lowest BCUT2D eigenvalue weighted by Gasteiger charge is -2.20. The zero-order valence-corrected chi connectivity index (χ0v) is 8.61. The Kier molecular flexibility index (Phi) is 3.53. The van der Waals surface area contributed by atoms with Crippen LogP contribution >= 0.6 is 0 Å². The van der Waals surface area contributed by atoms with Gasteiger partial charge in [0.15, 0.2) is 0 Å². The first-order valence-electron chi connectivity index (χ1n) is 5.06. The van der Waals surface area contributed by atoms with Gasteiger partial charge in [-0.15, -0.1) is 0 Å². The van der Waals surface area contributed by atoms with Crippen LogP contribution in [0.1, 0.15) is 40.0 Å². The van der Waals surface area contributed by atoms with Crippen molar-refractivity contribution in [1.82, 2.24) is 10.6 Å². The maximum atomic E-state index is 3.50. The van der Waals surface area contributed by atoms with Crippen molar-refractivity contribution in [3.05, 3.63) is 0 Å². The Bertz CT molecular complexity index is 122. The normalized spacial score (nSPS) is 18.2. The van der Waals surface area contributed by atoms with Crippen molar-refractivity contribution >= 4 is 0 Å². The van der Waals surface area contributed by atoms with Gasteiger partial charge in [-0.05, 0) is 53.1 Å². The van der Waals surface area contributed by atoms with E-state index < -0.39 is 0 Å². The largest absolute Gasteiger partial charge is 0.314 e. The molecule has 0 aromatic carbocycles. The molecule has 1 aliphatic carbocycles. The first-order valence-corrected chi connectivity index (χ1v) is 5.06. The Hall–Kier alpha value is -0.0800. The number of nitrogens with one attached hydrogen (secondary N) is 2. The summed E-state index contributed by atoms with van der Waals surface area (Å²) in [6.45, 7) is 8.93. The Morgan fingerprint density at radius 2 is 1.83 bits per heavy atom. The molecule has 0 saturated heterocycles. The molecule has 0 amide bonds. The average Bonchev–Trinajstić information content (AvgIpc) is 2.68. The van der Waals surface area contributed by atoms with E-state index in [-0.39, 0.29) is 5.54 Å². The molecule has 1 fully saturated rings. The lowest BCUT2D eigenvalue weighted by Crippen LogP contribution is -2.37. The molecule has 72 valence electrons. The van der Waals surface area contributed by atoms with Crippen molar-refractivity contribution in [2.75, 3.05) is 13.1 Å². The van der Waals surface area contributed by atoms with Crippen LogP contribution in [0.5, 0.6) is 0 Å². The van der Waals surface area contributed by atoms with Crippen LogP contribution in [-0.4, -0.2) is 24.7 Å². The summed E-state index contributed by atoms with van der Waals surface area (Å²) in [5.74, 6) is 0. The van der Waals surface area contributed by atoms with Crippen molar-refractivity contribution < 1.29 is 0 Å². The lowest BCUT2D eigenvalue weighted by atomic mass is 10.1. The van der Waals surface area contributed by atoms with Gasteiger partial charge >= 0.3 is 0 Å². The minimum Gasteiger partial charge on any atom is -0.314 e. The van der Waals surface area contributed by atoms with Crippen molar-refractivity contribution in [2.45, 2.75) is 51.6 Å². The maximum absolute atomic E-state index is 3.50. The third-order valence-corrected chi connectivity index (χ3v) is 2.02. The van der Waals surface area contributed by atoms with E-state index in [1.54, 1.807) is 0 Å². The highest BCUT2D eigenvalue weighted by Crippen LogP contribution is 2.18. The van der Waals surface area contributed by atoms with Gasteiger partial charge in [-0.25, -0.2) is 0 Å². The van der Waals surface area contributed by atoms with Gasteiger partial charge in [-0.1, -0.05) is 0 Å². The van der Waals surface area contributed by atoms with E-state index in [4.69, 9.17) is 0 Å². The molecule has 0 bridgehead atoms. The van der Waals surface area contributed by atoms with Gasteiger partial charge in [0.25, 0.3) is 0 Å². The monoisotopic (exact) mass is 170 g/mol. The average molecular weight is 170 g/mol. The Morgan fingerprint density at radius 3 is 2.33 bits per heavy atom. The van der Waals surface area contributed by atoms with Crippen LogP contribution in [0.15, 0.2) is 0 Å². The summed E-state index contributed by atoms with van der Waals surface area (Å²) >= 11 is 0. The maximum Gasteiger partial charge on any atom is 0.00965 e. The minimum atomic E-state index is 0.277. The van der Waals surface area contributed by atoms with Crippen molar-refractivity contribution in [2.24, 2.45) is 0 Å². The van der Waals surface area contributed by atoms with Gasteiger partial charge in [0.1, 0.15) is 0 Å². The Balaban J connectivity index is 1.82. The van der Waals surface area contributed by atoms with Gasteiger partial charge in [-0.2, -0.15) is 0 Å². The summed E-state index contributed by atoms with van der Waals surface area (Å²) in [5, 5.41) is 6.98. The molecule has 0 aliphatic heterocycles. The van der Waals surface area contributed by atoms with E-state index in [0.29, 0.717) is 0 Å². The predicted molar refractivity (Wildman–Crippen MR) is 53.4 cm³/mol. The summed E-state index contributed by atoms with van der Waals surface area (Å²) in [7, 11) is 0. The van der Waals surface area contributed by atoms with E-state index in [2.05, 4.69) is 31.4 Å². The Labute approximate surface area is 76.1 Å². The van der Waals surface area contributed by atoms with E-state index in [1.807, 2.05) is 0 Å². The zero-order chi connectivity index (χ0) is 9.03. The number of hydrogen-bond acceptors (Lipinski definition) is 2. The van der Waals surface area contributed by atoms with E-state index in [0.717, 1.165) is 12.6 Å². The fraction of sp³-hybridized carbons (Fsp3) is 1.00. The van der Waals surface area contributed by atoms with Gasteiger partial charge in [0.2, 0.25) is 0 Å². The molecule has 12 heavy (non-hydrogen) atoms. The third kappa shape index (κ3) is 5.56. The molecule has 0 heterocycles. The van der Waals surface area contributed by atoms with E-state index in [9.17, 15) is 0 Å². The third-order valence-electron chi connectivity index (χ3n) is 2.02. The van der Waals surface area contributed by atoms with Crippen LogP contribution < -0.4 is 10.6 Å². The highest BCUT2D eigenvalue weighted by Gasteiger charge is 2.19. The molecule has 0 unspecified atom stereocenters. The molecule has 0 aromatic rings. The molecule has 0 aromatic heterocycles. The van der Waals surface area contributed by atoms with Crippen molar-refractivity contribution in [3.8, 4) is 0 Å². The summed E-state index contributed by atoms with van der Waals surface area (Å²) in [6.07, 6.45) is 4.03. The summed E-state index contributed by atoms with van der Waals surface area (Å²) in [4.78, 5) is 0. The molecule has 1 aliphatic rings. The number of rotatable bonds is 5. The van der Waals surface area contributed by atoms with Crippen molar-refractivity contribution in [1.29, 1.82) is 0 Å². The van der Waals surface area contributed by atoms with E-state index >= 15 is 0 Å². The minimum absolute atomic E-state index is 0.277. The van der Waals surface area contributed by atoms with Crippen LogP contribution in [-0.2, 0) is 0 Å². The predicted octanol–water partition coefficient (Wildman–Crippen LogP) is 1.52. The first kappa shape index (κ1) is 10.0. The molecule has 2 heteroatoms. The Morgan fingerprint density at radius 1 is 1.17 bits per heavy atom. The van der Waals surface area contributed by atoms with Crippen LogP contribution in [0.2, 0.25) is 0 Å². The van der Waals surface area contributed by atoms with Crippen LogP contribution in [0, 0.1) is 0 Å². The van der Waals surface area contributed by atoms with E-state index in [1.165, 1.54) is 25.8 Å². The van der Waals surface area contributed by atoms with Crippen LogP contribution in [0.3, 0.4) is 0 Å². The zero-order valence-electron chi connectivity index (χ0n) is 8.61. The fourth-order valence-corrected chi connectivity index (χ4v) is 1.15. The van der Waals surface area contributed by atoms with Gasteiger partial charge in [0, 0.05) is 11.6 Å². The van der Waals surface area contributed by atoms with Crippen molar-refractivity contribution in [3.63, 3.8) is 0 Å².